The highest BCUT2D eigenvalue weighted by Gasteiger charge is 2.54. The van der Waals surface area contributed by atoms with Gasteiger partial charge in [-0.05, 0) is 25.0 Å². The lowest BCUT2D eigenvalue weighted by Gasteiger charge is -2.08. The summed E-state index contributed by atoms with van der Waals surface area (Å²) >= 11 is 0. The Balaban J connectivity index is 2.21. The van der Waals surface area contributed by atoms with E-state index in [0.29, 0.717) is 18.5 Å². The summed E-state index contributed by atoms with van der Waals surface area (Å²) in [6.07, 6.45) is 1.35. The summed E-state index contributed by atoms with van der Waals surface area (Å²) in [4.78, 5) is 12.1. The highest BCUT2D eigenvalue weighted by atomic mass is 32.2. The Labute approximate surface area is 93.6 Å². The molecule has 1 aliphatic carbocycles. The molecule has 0 atom stereocenters. The molecule has 5 heteroatoms. The minimum absolute atomic E-state index is 0.0527. The van der Waals surface area contributed by atoms with Gasteiger partial charge in [0.1, 0.15) is 0 Å². The first-order chi connectivity index (χ1) is 7.54. The number of anilines is 1. The number of benzene rings is 1. The minimum atomic E-state index is -3.34. The maximum Gasteiger partial charge on any atom is 0.231 e. The van der Waals surface area contributed by atoms with E-state index < -0.39 is 15.3 Å². The van der Waals surface area contributed by atoms with Crippen molar-refractivity contribution in [2.75, 3.05) is 11.1 Å². The van der Waals surface area contributed by atoms with E-state index in [1.54, 1.807) is 24.3 Å². The molecular formula is C11H11NO3S. The van der Waals surface area contributed by atoms with Gasteiger partial charge in [-0.1, -0.05) is 12.1 Å². The van der Waals surface area contributed by atoms with Crippen molar-refractivity contribution in [3.05, 3.63) is 24.3 Å². The van der Waals surface area contributed by atoms with Crippen molar-refractivity contribution >= 4 is 21.4 Å². The summed E-state index contributed by atoms with van der Waals surface area (Å²) in [6, 6.07) is 6.57. The van der Waals surface area contributed by atoms with Crippen LogP contribution < -0.4 is 5.32 Å². The van der Waals surface area contributed by atoms with E-state index in [0.717, 1.165) is 0 Å². The zero-order valence-corrected chi connectivity index (χ0v) is 9.38. The van der Waals surface area contributed by atoms with E-state index in [1.165, 1.54) is 0 Å². The average Bonchev–Trinajstić information content (AvgIpc) is 2.98. The van der Waals surface area contributed by atoms with E-state index in [2.05, 4.69) is 5.32 Å². The molecule has 16 heavy (non-hydrogen) atoms. The fourth-order valence-electron chi connectivity index (χ4n) is 2.13. The molecule has 1 aromatic carbocycles. The van der Waals surface area contributed by atoms with Crippen LogP contribution in [-0.2, 0) is 14.6 Å². The summed E-state index contributed by atoms with van der Waals surface area (Å²) in [5, 5.41) is 2.71. The Morgan fingerprint density at radius 3 is 2.56 bits per heavy atom. The van der Waals surface area contributed by atoms with Crippen molar-refractivity contribution in [3.8, 4) is 0 Å². The first-order valence-corrected chi connectivity index (χ1v) is 6.82. The molecule has 1 aliphatic heterocycles. The Morgan fingerprint density at radius 1 is 1.19 bits per heavy atom. The SMILES string of the molecule is O=C1Nc2ccccc2S(=O)(=O)CC12CC2. The van der Waals surface area contributed by atoms with E-state index in [1.807, 2.05) is 0 Å². The number of sulfone groups is 1. The number of rotatable bonds is 0. The lowest BCUT2D eigenvalue weighted by Crippen LogP contribution is -2.27. The molecule has 4 nitrogen and oxygen atoms in total. The molecule has 1 saturated carbocycles. The highest BCUT2D eigenvalue weighted by Crippen LogP contribution is 2.50. The Bertz CT molecular complexity index is 573. The summed E-state index contributed by atoms with van der Waals surface area (Å²) < 4.78 is 24.2. The zero-order valence-electron chi connectivity index (χ0n) is 8.56. The van der Waals surface area contributed by atoms with Crippen LogP contribution in [0.3, 0.4) is 0 Å². The van der Waals surface area contributed by atoms with Gasteiger partial charge in [0.25, 0.3) is 0 Å². The van der Waals surface area contributed by atoms with Crippen molar-refractivity contribution in [2.45, 2.75) is 17.7 Å². The summed E-state index contributed by atoms with van der Waals surface area (Å²) in [5.74, 6) is -0.205. The number of amides is 1. The van der Waals surface area contributed by atoms with Crippen LogP contribution in [0.15, 0.2) is 29.2 Å². The van der Waals surface area contributed by atoms with Crippen LogP contribution in [0.2, 0.25) is 0 Å². The molecule has 84 valence electrons. The molecule has 1 amide bonds. The van der Waals surface area contributed by atoms with Gasteiger partial charge in [-0.2, -0.15) is 0 Å². The van der Waals surface area contributed by atoms with Gasteiger partial charge in [-0.25, -0.2) is 8.42 Å². The predicted molar refractivity (Wildman–Crippen MR) is 58.8 cm³/mol. The van der Waals surface area contributed by atoms with Crippen molar-refractivity contribution in [1.29, 1.82) is 0 Å². The third-order valence-electron chi connectivity index (χ3n) is 3.27. The summed E-state index contributed by atoms with van der Waals surface area (Å²) in [7, 11) is -3.34. The molecular weight excluding hydrogens is 226 g/mol. The number of nitrogens with one attached hydrogen (secondary N) is 1. The number of para-hydroxylation sites is 1. The Kier molecular flexibility index (Phi) is 1.75. The van der Waals surface area contributed by atoms with Gasteiger partial charge in [-0.15, -0.1) is 0 Å². The van der Waals surface area contributed by atoms with Gasteiger partial charge >= 0.3 is 0 Å². The summed E-state index contributed by atoms with van der Waals surface area (Å²) in [6.45, 7) is 0. The smallest absolute Gasteiger partial charge is 0.231 e. The Hall–Kier alpha value is -1.36. The molecule has 0 radical (unpaired) electrons. The number of carbonyl (C=O) groups excluding carboxylic acids is 1. The van der Waals surface area contributed by atoms with Gasteiger partial charge in [-0.3, -0.25) is 4.79 Å². The molecule has 0 unspecified atom stereocenters. The van der Waals surface area contributed by atoms with Crippen molar-refractivity contribution < 1.29 is 13.2 Å². The first kappa shape index (κ1) is 9.84. The predicted octanol–water partition coefficient (Wildman–Crippen LogP) is 1.19. The van der Waals surface area contributed by atoms with Crippen LogP contribution >= 0.6 is 0 Å². The van der Waals surface area contributed by atoms with Crippen LogP contribution in [0.4, 0.5) is 5.69 Å². The van der Waals surface area contributed by atoms with Crippen molar-refractivity contribution in [1.82, 2.24) is 0 Å². The number of fused-ring (bicyclic) bond motifs is 1. The van der Waals surface area contributed by atoms with Crippen LogP contribution in [0.5, 0.6) is 0 Å². The van der Waals surface area contributed by atoms with E-state index in [4.69, 9.17) is 0 Å². The second kappa shape index (κ2) is 2.85. The van der Waals surface area contributed by atoms with Crippen LogP contribution in [0.25, 0.3) is 0 Å². The zero-order chi connectivity index (χ0) is 11.4. The largest absolute Gasteiger partial charge is 0.324 e. The molecule has 3 rings (SSSR count). The van der Waals surface area contributed by atoms with Gasteiger partial charge in [0.15, 0.2) is 9.84 Å². The van der Waals surface area contributed by atoms with Crippen LogP contribution in [0.1, 0.15) is 12.8 Å². The topological polar surface area (TPSA) is 63.2 Å². The molecule has 1 aromatic rings. The maximum atomic E-state index is 12.1. The molecule has 1 heterocycles. The molecule has 0 saturated heterocycles. The third-order valence-corrected chi connectivity index (χ3v) is 5.23. The number of hydrogen-bond donors (Lipinski definition) is 1. The first-order valence-electron chi connectivity index (χ1n) is 5.17. The molecule has 2 aliphatic rings. The van der Waals surface area contributed by atoms with E-state index >= 15 is 0 Å². The molecule has 0 aromatic heterocycles. The normalized spacial score (nSPS) is 24.4. The minimum Gasteiger partial charge on any atom is -0.324 e. The van der Waals surface area contributed by atoms with Gasteiger partial charge in [0.2, 0.25) is 5.91 Å². The second-order valence-corrected chi connectivity index (χ2v) is 6.45. The standard InChI is InChI=1S/C11H11NO3S/c13-10-11(5-6-11)7-16(14,15)9-4-2-1-3-8(9)12-10/h1-4H,5-7H2,(H,12,13). The van der Waals surface area contributed by atoms with Gasteiger partial charge in [0, 0.05) is 0 Å². The quantitative estimate of drug-likeness (QED) is 0.737. The van der Waals surface area contributed by atoms with Gasteiger partial charge in [0.05, 0.1) is 21.8 Å². The third kappa shape index (κ3) is 1.28. The summed E-state index contributed by atoms with van der Waals surface area (Å²) in [5.41, 5.74) is -0.242. The van der Waals surface area contributed by atoms with Crippen LogP contribution in [0, 0.1) is 5.41 Å². The lowest BCUT2D eigenvalue weighted by molar-refractivity contribution is -0.120. The molecule has 1 spiro atoms. The number of carbonyl (C=O) groups is 1. The monoisotopic (exact) mass is 237 g/mol. The molecule has 0 bridgehead atoms. The van der Waals surface area contributed by atoms with E-state index in [-0.39, 0.29) is 16.6 Å². The lowest BCUT2D eigenvalue weighted by atomic mass is 10.1. The number of hydrogen-bond acceptors (Lipinski definition) is 3. The fraction of sp³-hybridized carbons (Fsp3) is 0.364. The maximum absolute atomic E-state index is 12.1. The Morgan fingerprint density at radius 2 is 1.88 bits per heavy atom. The van der Waals surface area contributed by atoms with Crippen molar-refractivity contribution in [2.24, 2.45) is 5.41 Å². The molecule has 1 fully saturated rings. The second-order valence-electron chi connectivity index (χ2n) is 4.49. The fourth-order valence-corrected chi connectivity index (χ4v) is 4.17. The van der Waals surface area contributed by atoms with E-state index in [9.17, 15) is 13.2 Å². The van der Waals surface area contributed by atoms with Crippen molar-refractivity contribution in [3.63, 3.8) is 0 Å². The van der Waals surface area contributed by atoms with Crippen LogP contribution in [-0.4, -0.2) is 20.1 Å². The average molecular weight is 237 g/mol. The highest BCUT2D eigenvalue weighted by molar-refractivity contribution is 7.91. The van der Waals surface area contributed by atoms with Gasteiger partial charge < -0.3 is 5.32 Å². The molecule has 1 N–H and O–H groups in total.